The fourth-order valence-corrected chi connectivity index (χ4v) is 4.20. The van der Waals surface area contributed by atoms with Crippen molar-refractivity contribution in [3.63, 3.8) is 0 Å². The number of aryl methyl sites for hydroxylation is 1. The molecule has 1 saturated heterocycles. The molecule has 1 atom stereocenters. The zero-order valence-corrected chi connectivity index (χ0v) is 13.1. The van der Waals surface area contributed by atoms with Crippen LogP contribution in [0.5, 0.6) is 0 Å². The minimum absolute atomic E-state index is 0.160. The molecular weight excluding hydrogens is 278 g/mol. The summed E-state index contributed by atoms with van der Waals surface area (Å²) in [6.07, 6.45) is 3.47. The van der Waals surface area contributed by atoms with Crippen LogP contribution in [0.2, 0.25) is 0 Å². The van der Waals surface area contributed by atoms with E-state index in [1.165, 1.54) is 0 Å². The summed E-state index contributed by atoms with van der Waals surface area (Å²) in [4.78, 5) is 2.34. The van der Waals surface area contributed by atoms with Gasteiger partial charge in [-0.2, -0.15) is 4.31 Å². The van der Waals surface area contributed by atoms with Crippen molar-refractivity contribution in [2.75, 3.05) is 27.2 Å². The molecule has 7 heteroatoms. The molecule has 1 aliphatic heterocycles. The van der Waals surface area contributed by atoms with Crippen LogP contribution in [-0.4, -0.2) is 60.5 Å². The maximum absolute atomic E-state index is 12.6. The van der Waals surface area contributed by atoms with Gasteiger partial charge in [-0.1, -0.05) is 0 Å². The van der Waals surface area contributed by atoms with Gasteiger partial charge in [-0.15, -0.1) is 0 Å². The number of piperidine rings is 1. The molecule has 0 aliphatic carbocycles. The predicted octanol–water partition coefficient (Wildman–Crippen LogP) is 0.232. The monoisotopic (exact) mass is 301 g/mol. The van der Waals surface area contributed by atoms with Gasteiger partial charge < -0.3 is 14.6 Å². The summed E-state index contributed by atoms with van der Waals surface area (Å²) in [7, 11) is 2.23. The number of hydrogen-bond donors (Lipinski definition) is 1. The van der Waals surface area contributed by atoms with Gasteiger partial charge in [0.1, 0.15) is 4.90 Å². The van der Waals surface area contributed by atoms with Gasteiger partial charge in [0.2, 0.25) is 10.0 Å². The summed E-state index contributed by atoms with van der Waals surface area (Å²) in [5.74, 6) is 0. The van der Waals surface area contributed by atoms with Crippen molar-refractivity contribution in [1.29, 1.82) is 0 Å². The van der Waals surface area contributed by atoms with Crippen molar-refractivity contribution in [1.82, 2.24) is 13.8 Å². The second kappa shape index (κ2) is 5.85. The molecule has 0 aromatic carbocycles. The third-order valence-electron chi connectivity index (χ3n) is 3.97. The van der Waals surface area contributed by atoms with E-state index in [9.17, 15) is 13.5 Å². The molecule has 2 heterocycles. The van der Waals surface area contributed by atoms with Gasteiger partial charge in [-0.25, -0.2) is 8.42 Å². The fourth-order valence-electron chi connectivity index (χ4n) is 2.59. The third kappa shape index (κ3) is 2.90. The Hall–Kier alpha value is -0.890. The van der Waals surface area contributed by atoms with Crippen molar-refractivity contribution in [2.45, 2.75) is 30.4 Å². The number of aromatic nitrogens is 1. The Bertz CT molecular complexity index is 565. The van der Waals surface area contributed by atoms with Crippen molar-refractivity contribution < 1.29 is 13.5 Å². The van der Waals surface area contributed by atoms with E-state index in [1.54, 1.807) is 28.2 Å². The first-order valence-corrected chi connectivity index (χ1v) is 8.23. The lowest BCUT2D eigenvalue weighted by Gasteiger charge is -2.35. The predicted molar refractivity (Wildman–Crippen MR) is 76.8 cm³/mol. The van der Waals surface area contributed by atoms with Crippen LogP contribution in [0.4, 0.5) is 0 Å². The van der Waals surface area contributed by atoms with E-state index < -0.39 is 10.0 Å². The molecule has 1 N–H and O–H groups in total. The maximum atomic E-state index is 12.6. The van der Waals surface area contributed by atoms with Crippen molar-refractivity contribution in [2.24, 2.45) is 7.05 Å². The summed E-state index contributed by atoms with van der Waals surface area (Å²) >= 11 is 0. The standard InChI is InChI=1S/C13H23N3O3S/c1-14(2)11-5-4-6-16(8-11)20(18,19)13-7-12(10-17)15(3)9-13/h7,9,11,17H,4-6,8,10H2,1-3H3. The van der Waals surface area contributed by atoms with Crippen LogP contribution in [0.3, 0.4) is 0 Å². The van der Waals surface area contributed by atoms with E-state index in [1.807, 2.05) is 14.1 Å². The molecule has 1 aromatic rings. The zero-order valence-electron chi connectivity index (χ0n) is 12.3. The van der Waals surface area contributed by atoms with Gasteiger partial charge in [0.25, 0.3) is 0 Å². The lowest BCUT2D eigenvalue weighted by molar-refractivity contribution is 0.190. The molecule has 1 aliphatic rings. The Morgan fingerprint density at radius 2 is 2.15 bits per heavy atom. The maximum Gasteiger partial charge on any atom is 0.244 e. The Labute approximate surface area is 120 Å². The van der Waals surface area contributed by atoms with Crippen LogP contribution in [-0.2, 0) is 23.7 Å². The van der Waals surface area contributed by atoms with Crippen molar-refractivity contribution in [3.8, 4) is 0 Å². The Morgan fingerprint density at radius 3 is 2.70 bits per heavy atom. The van der Waals surface area contributed by atoms with E-state index in [4.69, 9.17) is 0 Å². The molecular formula is C13H23N3O3S. The summed E-state index contributed by atoms with van der Waals surface area (Å²) < 4.78 is 28.5. The molecule has 114 valence electrons. The Balaban J connectivity index is 2.25. The first-order chi connectivity index (χ1) is 9.36. The SMILES string of the molecule is CN(C)C1CCCN(S(=O)(=O)c2cc(CO)n(C)c2)C1. The van der Waals surface area contributed by atoms with E-state index in [2.05, 4.69) is 4.90 Å². The van der Waals surface area contributed by atoms with Gasteiger partial charge in [0, 0.05) is 38.1 Å². The lowest BCUT2D eigenvalue weighted by Crippen LogP contribution is -2.47. The van der Waals surface area contributed by atoms with Crippen LogP contribution in [0.15, 0.2) is 17.2 Å². The number of rotatable bonds is 4. The lowest BCUT2D eigenvalue weighted by atomic mass is 10.1. The molecule has 1 unspecified atom stereocenters. The highest BCUT2D eigenvalue weighted by atomic mass is 32.2. The second-order valence-corrected chi connectivity index (χ2v) is 7.50. The smallest absolute Gasteiger partial charge is 0.244 e. The summed E-state index contributed by atoms with van der Waals surface area (Å²) in [5.41, 5.74) is 0.602. The molecule has 0 amide bonds. The number of nitrogens with zero attached hydrogens (tertiary/aromatic N) is 3. The van der Waals surface area contributed by atoms with Crippen LogP contribution in [0, 0.1) is 0 Å². The normalized spacial score (nSPS) is 21.6. The molecule has 0 spiro atoms. The van der Waals surface area contributed by atoms with Gasteiger partial charge in [0.05, 0.1) is 6.61 Å². The highest BCUT2D eigenvalue weighted by Gasteiger charge is 2.31. The number of sulfonamides is 1. The quantitative estimate of drug-likeness (QED) is 0.865. The summed E-state index contributed by atoms with van der Waals surface area (Å²) in [5, 5.41) is 9.19. The van der Waals surface area contributed by atoms with Gasteiger partial charge >= 0.3 is 0 Å². The molecule has 1 aromatic heterocycles. The molecule has 0 radical (unpaired) electrons. The highest BCUT2D eigenvalue weighted by Crippen LogP contribution is 2.23. The number of aliphatic hydroxyl groups excluding tert-OH is 1. The largest absolute Gasteiger partial charge is 0.390 e. The average molecular weight is 301 g/mol. The molecule has 0 saturated carbocycles. The number of likely N-dealkylation sites (N-methyl/N-ethyl adjacent to an activating group) is 1. The first-order valence-electron chi connectivity index (χ1n) is 6.79. The average Bonchev–Trinajstić information content (AvgIpc) is 2.81. The molecule has 2 rings (SSSR count). The Morgan fingerprint density at radius 1 is 1.45 bits per heavy atom. The van der Waals surface area contributed by atoms with Gasteiger partial charge in [-0.05, 0) is 33.0 Å². The minimum Gasteiger partial charge on any atom is -0.390 e. The van der Waals surface area contributed by atoms with Crippen molar-refractivity contribution >= 4 is 10.0 Å². The molecule has 1 fully saturated rings. The highest BCUT2D eigenvalue weighted by molar-refractivity contribution is 7.89. The van der Waals surface area contributed by atoms with E-state index in [0.717, 1.165) is 12.8 Å². The van der Waals surface area contributed by atoms with Crippen LogP contribution < -0.4 is 0 Å². The topological polar surface area (TPSA) is 65.8 Å². The van der Waals surface area contributed by atoms with Gasteiger partial charge in [-0.3, -0.25) is 0 Å². The minimum atomic E-state index is -3.47. The first kappa shape index (κ1) is 15.5. The molecule has 20 heavy (non-hydrogen) atoms. The van der Waals surface area contributed by atoms with Crippen LogP contribution >= 0.6 is 0 Å². The van der Waals surface area contributed by atoms with E-state index in [-0.39, 0.29) is 17.5 Å². The Kier molecular flexibility index (Phi) is 4.53. The fraction of sp³-hybridized carbons (Fsp3) is 0.692. The van der Waals surface area contributed by atoms with E-state index in [0.29, 0.717) is 18.8 Å². The number of hydrogen-bond acceptors (Lipinski definition) is 4. The third-order valence-corrected chi connectivity index (χ3v) is 5.80. The summed E-state index contributed by atoms with van der Waals surface area (Å²) in [6.45, 7) is 0.932. The summed E-state index contributed by atoms with van der Waals surface area (Å²) in [6, 6.07) is 1.81. The van der Waals surface area contributed by atoms with E-state index >= 15 is 0 Å². The molecule has 0 bridgehead atoms. The second-order valence-electron chi connectivity index (χ2n) is 5.56. The molecule has 6 nitrogen and oxygen atoms in total. The van der Waals surface area contributed by atoms with Crippen LogP contribution in [0.1, 0.15) is 18.5 Å². The van der Waals surface area contributed by atoms with Gasteiger partial charge in [0.15, 0.2) is 0 Å². The zero-order chi connectivity index (χ0) is 14.9. The van der Waals surface area contributed by atoms with Crippen molar-refractivity contribution in [3.05, 3.63) is 18.0 Å². The van der Waals surface area contributed by atoms with Crippen LogP contribution in [0.25, 0.3) is 0 Å². The number of aliphatic hydroxyl groups is 1.